The summed E-state index contributed by atoms with van der Waals surface area (Å²) in [5.41, 5.74) is 1.06. The highest BCUT2D eigenvalue weighted by molar-refractivity contribution is 5.78. The highest BCUT2D eigenvalue weighted by Gasteiger charge is 2.53. The maximum Gasteiger partial charge on any atom is 0.326 e. The molecule has 19 heavy (non-hydrogen) atoms. The van der Waals surface area contributed by atoms with Crippen molar-refractivity contribution in [2.45, 2.75) is 31.7 Å². The molecule has 0 radical (unpaired) electrons. The standard InChI is InChI=1S/C14H17NO4/c1-9(16)13-11-8-18-14(17)12(11)15(19-13)7-10-5-3-2-4-6-10/h2-6,9,11-13,16H,7-8H2,1H3/t9-,11-,12-,13-/m0/s1. The summed E-state index contributed by atoms with van der Waals surface area (Å²) in [5, 5.41) is 11.4. The van der Waals surface area contributed by atoms with Crippen molar-refractivity contribution >= 4 is 5.97 Å². The first-order valence-corrected chi connectivity index (χ1v) is 6.49. The summed E-state index contributed by atoms with van der Waals surface area (Å²) in [4.78, 5) is 17.5. The van der Waals surface area contributed by atoms with E-state index in [2.05, 4.69) is 0 Å². The van der Waals surface area contributed by atoms with E-state index in [-0.39, 0.29) is 18.0 Å². The van der Waals surface area contributed by atoms with Crippen molar-refractivity contribution < 1.29 is 19.5 Å². The lowest BCUT2D eigenvalue weighted by Gasteiger charge is -2.21. The lowest BCUT2D eigenvalue weighted by atomic mass is 9.95. The predicted molar refractivity (Wildman–Crippen MR) is 66.8 cm³/mol. The molecule has 0 aliphatic carbocycles. The van der Waals surface area contributed by atoms with E-state index < -0.39 is 12.1 Å². The van der Waals surface area contributed by atoms with Gasteiger partial charge in [-0.1, -0.05) is 30.3 Å². The number of ether oxygens (including phenoxy) is 1. The van der Waals surface area contributed by atoms with Gasteiger partial charge in [-0.15, -0.1) is 0 Å². The normalized spacial score (nSPS) is 32.1. The zero-order valence-corrected chi connectivity index (χ0v) is 10.7. The molecule has 3 rings (SSSR count). The summed E-state index contributed by atoms with van der Waals surface area (Å²) in [6, 6.07) is 9.39. The molecular formula is C14H17NO4. The molecule has 0 amide bonds. The molecule has 2 fully saturated rings. The Hall–Kier alpha value is -1.43. The second-order valence-corrected chi connectivity index (χ2v) is 5.11. The van der Waals surface area contributed by atoms with Crippen molar-refractivity contribution in [3.05, 3.63) is 35.9 Å². The average Bonchev–Trinajstić information content (AvgIpc) is 2.93. The molecule has 1 N–H and O–H groups in total. The molecule has 102 valence electrons. The van der Waals surface area contributed by atoms with Crippen LogP contribution in [0.25, 0.3) is 0 Å². The molecule has 1 aromatic carbocycles. The van der Waals surface area contributed by atoms with Crippen molar-refractivity contribution in [2.24, 2.45) is 5.92 Å². The van der Waals surface area contributed by atoms with Crippen LogP contribution in [-0.4, -0.2) is 41.0 Å². The lowest BCUT2D eigenvalue weighted by Crippen LogP contribution is -2.35. The molecule has 2 saturated heterocycles. The Labute approximate surface area is 111 Å². The van der Waals surface area contributed by atoms with Crippen LogP contribution in [0.1, 0.15) is 12.5 Å². The van der Waals surface area contributed by atoms with Crippen molar-refractivity contribution in [3.63, 3.8) is 0 Å². The van der Waals surface area contributed by atoms with Crippen molar-refractivity contribution in [1.29, 1.82) is 0 Å². The van der Waals surface area contributed by atoms with E-state index in [1.165, 1.54) is 0 Å². The maximum atomic E-state index is 11.8. The zero-order chi connectivity index (χ0) is 13.4. The monoisotopic (exact) mass is 263 g/mol. The van der Waals surface area contributed by atoms with E-state index in [1.54, 1.807) is 12.0 Å². The molecule has 0 bridgehead atoms. The molecule has 0 unspecified atom stereocenters. The van der Waals surface area contributed by atoms with E-state index in [1.807, 2.05) is 30.3 Å². The fourth-order valence-corrected chi connectivity index (χ4v) is 2.78. The minimum absolute atomic E-state index is 0.0868. The van der Waals surface area contributed by atoms with Crippen molar-refractivity contribution in [2.75, 3.05) is 6.61 Å². The van der Waals surface area contributed by atoms with Gasteiger partial charge in [0.05, 0.1) is 25.2 Å². The number of nitrogens with zero attached hydrogens (tertiary/aromatic N) is 1. The smallest absolute Gasteiger partial charge is 0.326 e. The molecular weight excluding hydrogens is 246 g/mol. The molecule has 1 aromatic rings. The van der Waals surface area contributed by atoms with Gasteiger partial charge < -0.3 is 9.84 Å². The van der Waals surface area contributed by atoms with Crippen LogP contribution in [-0.2, 0) is 20.9 Å². The van der Waals surface area contributed by atoms with Gasteiger partial charge in [-0.3, -0.25) is 9.63 Å². The van der Waals surface area contributed by atoms with Gasteiger partial charge in [-0.2, -0.15) is 5.06 Å². The number of aliphatic hydroxyl groups is 1. The number of fused-ring (bicyclic) bond motifs is 1. The van der Waals surface area contributed by atoms with Gasteiger partial charge in [0.25, 0.3) is 0 Å². The minimum Gasteiger partial charge on any atom is -0.464 e. The Morgan fingerprint density at radius 1 is 1.42 bits per heavy atom. The number of rotatable bonds is 3. The Morgan fingerprint density at radius 2 is 2.16 bits per heavy atom. The fourth-order valence-electron chi connectivity index (χ4n) is 2.78. The van der Waals surface area contributed by atoms with Gasteiger partial charge in [-0.25, -0.2) is 0 Å². The van der Waals surface area contributed by atoms with Crippen LogP contribution < -0.4 is 0 Å². The molecule has 2 heterocycles. The molecule has 2 aliphatic rings. The minimum atomic E-state index is -0.622. The molecule has 4 atom stereocenters. The van der Waals surface area contributed by atoms with Crippen LogP contribution in [0.3, 0.4) is 0 Å². The van der Waals surface area contributed by atoms with Gasteiger partial charge in [-0.05, 0) is 12.5 Å². The van der Waals surface area contributed by atoms with E-state index >= 15 is 0 Å². The topological polar surface area (TPSA) is 59.0 Å². The van der Waals surface area contributed by atoms with E-state index in [4.69, 9.17) is 9.57 Å². The Morgan fingerprint density at radius 3 is 2.84 bits per heavy atom. The van der Waals surface area contributed by atoms with Gasteiger partial charge in [0, 0.05) is 0 Å². The second kappa shape index (κ2) is 4.92. The fraction of sp³-hybridized carbons (Fsp3) is 0.500. The number of aliphatic hydroxyl groups excluding tert-OH is 1. The first kappa shape index (κ1) is 12.6. The lowest BCUT2D eigenvalue weighted by molar-refractivity contribution is -0.202. The highest BCUT2D eigenvalue weighted by atomic mass is 16.7. The summed E-state index contributed by atoms with van der Waals surface area (Å²) >= 11 is 0. The first-order chi connectivity index (χ1) is 9.16. The summed E-state index contributed by atoms with van der Waals surface area (Å²) in [6.45, 7) is 2.52. The molecule has 0 spiro atoms. The van der Waals surface area contributed by atoms with Crippen molar-refractivity contribution in [1.82, 2.24) is 5.06 Å². The summed E-state index contributed by atoms with van der Waals surface area (Å²) < 4.78 is 5.10. The number of esters is 1. The molecule has 2 aliphatic heterocycles. The van der Waals surface area contributed by atoms with Gasteiger partial charge in [0.15, 0.2) is 0 Å². The number of benzene rings is 1. The Balaban J connectivity index is 1.80. The molecule has 0 saturated carbocycles. The third-order valence-corrected chi connectivity index (χ3v) is 3.71. The van der Waals surface area contributed by atoms with E-state index in [0.717, 1.165) is 5.56 Å². The number of cyclic esters (lactones) is 1. The number of carbonyl (C=O) groups is 1. The summed E-state index contributed by atoms with van der Waals surface area (Å²) in [7, 11) is 0. The van der Waals surface area contributed by atoms with E-state index in [0.29, 0.717) is 13.2 Å². The molecule has 5 heteroatoms. The number of carbonyl (C=O) groups excluding carboxylic acids is 1. The van der Waals surface area contributed by atoms with Crippen LogP contribution in [0.4, 0.5) is 0 Å². The second-order valence-electron chi connectivity index (χ2n) is 5.11. The molecule has 0 aromatic heterocycles. The van der Waals surface area contributed by atoms with Gasteiger partial charge >= 0.3 is 5.97 Å². The first-order valence-electron chi connectivity index (χ1n) is 6.49. The molecule has 5 nitrogen and oxygen atoms in total. The highest BCUT2D eigenvalue weighted by Crippen LogP contribution is 2.35. The number of hydrogen-bond acceptors (Lipinski definition) is 5. The summed E-state index contributed by atoms with van der Waals surface area (Å²) in [5.74, 6) is -0.347. The SMILES string of the molecule is C[C@H](O)[C@@H]1ON(Cc2ccccc2)[C@@H]2C(=O)OC[C@H]12. The number of hydroxylamine groups is 2. The van der Waals surface area contributed by atoms with E-state index in [9.17, 15) is 9.90 Å². The predicted octanol–water partition coefficient (Wildman–Crippen LogP) is 0.725. The Bertz CT molecular complexity index is 462. The van der Waals surface area contributed by atoms with Crippen LogP contribution in [0, 0.1) is 5.92 Å². The largest absolute Gasteiger partial charge is 0.464 e. The zero-order valence-electron chi connectivity index (χ0n) is 10.7. The quantitative estimate of drug-likeness (QED) is 0.814. The van der Waals surface area contributed by atoms with Crippen molar-refractivity contribution in [3.8, 4) is 0 Å². The number of hydrogen-bond donors (Lipinski definition) is 1. The van der Waals surface area contributed by atoms with Gasteiger partial charge in [0.2, 0.25) is 0 Å². The average molecular weight is 263 g/mol. The summed E-state index contributed by atoms with van der Waals surface area (Å²) in [6.07, 6.45) is -0.997. The van der Waals surface area contributed by atoms with Crippen LogP contribution in [0.2, 0.25) is 0 Å². The maximum absolute atomic E-state index is 11.8. The third kappa shape index (κ3) is 2.25. The van der Waals surface area contributed by atoms with Gasteiger partial charge in [0.1, 0.15) is 12.1 Å². The Kier molecular flexibility index (Phi) is 3.26. The van der Waals surface area contributed by atoms with Crippen LogP contribution >= 0.6 is 0 Å². The van der Waals surface area contributed by atoms with Crippen LogP contribution in [0.5, 0.6) is 0 Å². The van der Waals surface area contributed by atoms with Crippen LogP contribution in [0.15, 0.2) is 30.3 Å². The third-order valence-electron chi connectivity index (χ3n) is 3.71.